The number of hydrogen-bond acceptors (Lipinski definition) is 5. The zero-order valence-corrected chi connectivity index (χ0v) is 28.8. The minimum absolute atomic E-state index is 0.0946. The summed E-state index contributed by atoms with van der Waals surface area (Å²) in [4.78, 5) is 40.2. The van der Waals surface area contributed by atoms with Crippen molar-refractivity contribution in [3.05, 3.63) is 160 Å². The van der Waals surface area contributed by atoms with Crippen molar-refractivity contribution < 1.29 is 49.9 Å². The maximum absolute atomic E-state index is 14.6. The van der Waals surface area contributed by atoms with E-state index >= 15 is 0 Å². The van der Waals surface area contributed by atoms with Crippen LogP contribution in [0.3, 0.4) is 0 Å². The third kappa shape index (κ3) is 9.46. The van der Waals surface area contributed by atoms with Crippen molar-refractivity contribution in [3.63, 3.8) is 0 Å². The van der Waals surface area contributed by atoms with Gasteiger partial charge in [0.25, 0.3) is 11.8 Å². The van der Waals surface area contributed by atoms with Crippen molar-refractivity contribution in [2.75, 3.05) is 17.2 Å². The van der Waals surface area contributed by atoms with Gasteiger partial charge in [-0.05, 0) is 72.7 Å². The van der Waals surface area contributed by atoms with Gasteiger partial charge in [0.05, 0.1) is 6.61 Å². The molecule has 5 rings (SSSR count). The molecule has 0 aliphatic rings. The molecule has 0 aliphatic heterocycles. The molecule has 0 bridgehead atoms. The molecule has 7 nitrogen and oxygen atoms in total. The number of halogens is 7. The van der Waals surface area contributed by atoms with Crippen LogP contribution in [0.25, 0.3) is 6.08 Å². The molecule has 278 valence electrons. The first kappa shape index (κ1) is 39.1. The number of nitrogens with one attached hydrogen (secondary N) is 3. The van der Waals surface area contributed by atoms with Crippen LogP contribution in [-0.2, 0) is 15.8 Å². The summed E-state index contributed by atoms with van der Waals surface area (Å²) in [7, 11) is 0. The minimum Gasteiger partial charge on any atom is -0.494 e. The first-order chi connectivity index (χ1) is 25.8. The zero-order valence-electron chi connectivity index (χ0n) is 27.9. The topological polar surface area (TPSA) is 96.5 Å². The monoisotopic (exact) mass is 767 g/mol. The third-order valence-corrected chi connectivity index (χ3v) is 8.80. The molecule has 1 unspecified atom stereocenters. The lowest BCUT2D eigenvalue weighted by Gasteiger charge is -2.19. The molecule has 0 saturated carbocycles. The molecule has 54 heavy (non-hydrogen) atoms. The number of thioether (sulfide) groups is 1. The molecule has 0 spiro atoms. The second kappa shape index (κ2) is 17.2. The Balaban J connectivity index is 1.37. The minimum atomic E-state index is -5.75. The van der Waals surface area contributed by atoms with E-state index in [1.807, 2.05) is 6.92 Å². The number of carbonyl (C=O) groups excluding carboxylic acids is 3. The van der Waals surface area contributed by atoms with E-state index in [-0.39, 0.29) is 16.9 Å². The molecular weight excluding hydrogens is 739 g/mol. The molecule has 3 N–H and O–H groups in total. The summed E-state index contributed by atoms with van der Waals surface area (Å²) in [5.41, 5.74) is -3.18. The van der Waals surface area contributed by atoms with Crippen LogP contribution in [0.1, 0.15) is 39.2 Å². The predicted octanol–water partition coefficient (Wildman–Crippen LogP) is 9.54. The van der Waals surface area contributed by atoms with E-state index in [1.54, 1.807) is 78.1 Å². The van der Waals surface area contributed by atoms with Gasteiger partial charge >= 0.3 is 6.18 Å². The highest BCUT2D eigenvalue weighted by atomic mass is 32.2. The van der Waals surface area contributed by atoms with Crippen molar-refractivity contribution in [1.82, 2.24) is 5.32 Å². The van der Waals surface area contributed by atoms with E-state index in [0.717, 1.165) is 11.8 Å². The van der Waals surface area contributed by atoms with E-state index < -0.39 is 63.7 Å². The van der Waals surface area contributed by atoms with Gasteiger partial charge in [0.15, 0.2) is 23.3 Å². The number of rotatable bonds is 12. The molecule has 3 amide bonds. The van der Waals surface area contributed by atoms with Gasteiger partial charge in [0.1, 0.15) is 27.9 Å². The first-order valence-electron chi connectivity index (χ1n) is 15.9. The zero-order chi connectivity index (χ0) is 39.0. The van der Waals surface area contributed by atoms with Crippen LogP contribution < -0.4 is 20.7 Å². The Hall–Kier alpha value is -6.09. The van der Waals surface area contributed by atoms with Crippen LogP contribution >= 0.6 is 11.8 Å². The average Bonchev–Trinajstić information content (AvgIpc) is 3.16. The van der Waals surface area contributed by atoms with Crippen LogP contribution in [-0.4, -0.2) is 24.3 Å². The fraction of sp³-hybridized carbons (Fsp3) is 0.103. The Morgan fingerprint density at radius 2 is 1.31 bits per heavy atom. The summed E-state index contributed by atoms with van der Waals surface area (Å²) < 4.78 is 103. The smallest absolute Gasteiger partial charge is 0.422 e. The molecule has 0 aromatic heterocycles. The van der Waals surface area contributed by atoms with Crippen LogP contribution in [0.5, 0.6) is 5.75 Å². The standard InChI is InChI=1S/C39H28F7N3O4S/c1-2-53-26-17-13-22(14-18-26)21-28(48-36(50)24-11-7-4-8-12-24)37(51)47-25-15-19-27(20-16-25)54-35(23-9-5-3-6-10-23)38(52)49-34-32(42)30(40)29(39(44,45)46)31(41)33(34)43/h3-21,35H,2H2,1H3,(H,47,51)(H,48,50)(H,49,52)/b28-21-. The summed E-state index contributed by atoms with van der Waals surface area (Å²) in [5.74, 6) is -12.1. The Kier molecular flexibility index (Phi) is 12.4. The predicted molar refractivity (Wildman–Crippen MR) is 190 cm³/mol. The Labute approximate surface area is 308 Å². The van der Waals surface area contributed by atoms with E-state index in [0.29, 0.717) is 28.4 Å². The molecule has 0 aliphatic carbocycles. The highest BCUT2D eigenvalue weighted by molar-refractivity contribution is 8.00. The number of hydrogen-bond donors (Lipinski definition) is 3. The SMILES string of the molecule is CCOc1ccc(/C=C(\NC(=O)c2ccccc2)C(=O)Nc2ccc(SC(C(=O)Nc3c(F)c(F)c(C(F)(F)F)c(F)c3F)c3ccccc3)cc2)cc1. The molecule has 0 heterocycles. The van der Waals surface area contributed by atoms with E-state index in [4.69, 9.17) is 4.74 Å². The van der Waals surface area contributed by atoms with Gasteiger partial charge in [-0.2, -0.15) is 13.2 Å². The maximum atomic E-state index is 14.6. The van der Waals surface area contributed by atoms with Crippen molar-refractivity contribution in [2.45, 2.75) is 23.2 Å². The number of ether oxygens (including phenoxy) is 1. The summed E-state index contributed by atoms with van der Waals surface area (Å²) in [5, 5.41) is 5.68. The lowest BCUT2D eigenvalue weighted by molar-refractivity contribution is -0.143. The quantitative estimate of drug-likeness (QED) is 0.0509. The Morgan fingerprint density at radius 3 is 1.87 bits per heavy atom. The number of benzene rings is 5. The normalized spacial score (nSPS) is 12.1. The number of carbonyl (C=O) groups is 3. The summed E-state index contributed by atoms with van der Waals surface area (Å²) in [6.45, 7) is 2.29. The van der Waals surface area contributed by atoms with Crippen LogP contribution in [0.15, 0.2) is 120 Å². The molecule has 15 heteroatoms. The first-order valence-corrected chi connectivity index (χ1v) is 16.8. The Morgan fingerprint density at radius 1 is 0.741 bits per heavy atom. The lowest BCUT2D eigenvalue weighted by atomic mass is 10.1. The number of amides is 3. The van der Waals surface area contributed by atoms with Crippen molar-refractivity contribution >= 4 is 46.9 Å². The highest BCUT2D eigenvalue weighted by Gasteiger charge is 2.43. The average molecular weight is 768 g/mol. The second-order valence-electron chi connectivity index (χ2n) is 11.3. The molecule has 0 radical (unpaired) electrons. The largest absolute Gasteiger partial charge is 0.494 e. The third-order valence-electron chi connectivity index (χ3n) is 7.53. The number of anilines is 2. The van der Waals surface area contributed by atoms with Crippen LogP contribution in [0, 0.1) is 23.3 Å². The van der Waals surface area contributed by atoms with Gasteiger partial charge in [-0.1, -0.05) is 60.7 Å². The van der Waals surface area contributed by atoms with E-state index in [1.165, 1.54) is 42.5 Å². The molecule has 1 atom stereocenters. The van der Waals surface area contributed by atoms with Crippen molar-refractivity contribution in [2.24, 2.45) is 0 Å². The molecule has 0 fully saturated rings. The molecular formula is C39H28F7N3O4S. The van der Waals surface area contributed by atoms with Crippen LogP contribution in [0.2, 0.25) is 0 Å². The fourth-order valence-corrected chi connectivity index (χ4v) is 5.99. The van der Waals surface area contributed by atoms with Gasteiger partial charge in [0.2, 0.25) is 5.91 Å². The van der Waals surface area contributed by atoms with E-state index in [9.17, 15) is 45.1 Å². The van der Waals surface area contributed by atoms with Crippen LogP contribution in [0.4, 0.5) is 42.1 Å². The van der Waals surface area contributed by atoms with Crippen molar-refractivity contribution in [1.29, 1.82) is 0 Å². The van der Waals surface area contributed by atoms with Gasteiger partial charge in [-0.25, -0.2) is 17.6 Å². The highest BCUT2D eigenvalue weighted by Crippen LogP contribution is 2.40. The Bertz CT molecular complexity index is 2140. The van der Waals surface area contributed by atoms with Crippen molar-refractivity contribution in [3.8, 4) is 5.75 Å². The maximum Gasteiger partial charge on any atom is 0.422 e. The second-order valence-corrected chi connectivity index (χ2v) is 12.4. The van der Waals surface area contributed by atoms with Gasteiger partial charge in [-0.15, -0.1) is 11.8 Å². The summed E-state index contributed by atoms with van der Waals surface area (Å²) in [6.07, 6.45) is -4.28. The van der Waals surface area contributed by atoms with Gasteiger partial charge in [0, 0.05) is 16.1 Å². The van der Waals surface area contributed by atoms with E-state index in [2.05, 4.69) is 10.6 Å². The summed E-state index contributed by atoms with van der Waals surface area (Å²) in [6, 6.07) is 28.6. The van der Waals surface area contributed by atoms with Gasteiger partial charge < -0.3 is 20.7 Å². The molecule has 0 saturated heterocycles. The summed E-state index contributed by atoms with van der Waals surface area (Å²) >= 11 is 0.827. The lowest BCUT2D eigenvalue weighted by Crippen LogP contribution is -2.30. The number of alkyl halides is 3. The molecule has 5 aromatic rings. The fourth-order valence-electron chi connectivity index (χ4n) is 4.97. The van der Waals surface area contributed by atoms with Gasteiger partial charge in [-0.3, -0.25) is 14.4 Å². The molecule has 5 aromatic carbocycles.